The zero-order valence-corrected chi connectivity index (χ0v) is 18.0. The van der Waals surface area contributed by atoms with Crippen molar-refractivity contribution in [1.29, 1.82) is 0 Å². The van der Waals surface area contributed by atoms with Crippen molar-refractivity contribution < 1.29 is 4.79 Å². The minimum absolute atomic E-state index is 0.575. The van der Waals surface area contributed by atoms with Crippen molar-refractivity contribution in [1.82, 2.24) is 5.32 Å². The number of primary amides is 1. The third kappa shape index (κ3) is 4.28. The molecule has 0 heterocycles. The van der Waals surface area contributed by atoms with E-state index >= 15 is 0 Å². The second kappa shape index (κ2) is 9.42. The molecular formula is C27H24N2OP+. The molecule has 3 nitrogen and oxygen atoms in total. The standard InChI is InChI=1S/C27H23N2OP/c28-27(30)29-26(21-22-13-5-1-6-14-22)31(23-15-7-2-8-16-23,24-17-9-3-10-18-24)25-19-11-4-12-20-25/h1-21H,(H2-,28,29,30)/p+1/b26-21+. The van der Waals surface area contributed by atoms with Gasteiger partial charge >= 0.3 is 6.03 Å². The molecule has 31 heavy (non-hydrogen) atoms. The van der Waals surface area contributed by atoms with Crippen LogP contribution in [0.5, 0.6) is 0 Å². The molecule has 0 saturated carbocycles. The first-order valence-corrected chi connectivity index (χ1v) is 11.9. The van der Waals surface area contributed by atoms with E-state index < -0.39 is 13.3 Å². The molecule has 0 fully saturated rings. The van der Waals surface area contributed by atoms with Crippen LogP contribution in [0.15, 0.2) is 127 Å². The van der Waals surface area contributed by atoms with Gasteiger partial charge in [0.15, 0.2) is 12.7 Å². The van der Waals surface area contributed by atoms with Crippen molar-refractivity contribution in [3.05, 3.63) is 132 Å². The van der Waals surface area contributed by atoms with Gasteiger partial charge in [-0.3, -0.25) is 5.32 Å². The lowest BCUT2D eigenvalue weighted by molar-refractivity contribution is 0.252. The van der Waals surface area contributed by atoms with E-state index in [-0.39, 0.29) is 0 Å². The third-order valence-electron chi connectivity index (χ3n) is 5.15. The number of carbonyl (C=O) groups excluding carboxylic acids is 1. The molecular weight excluding hydrogens is 399 g/mol. The van der Waals surface area contributed by atoms with Crippen LogP contribution in [-0.2, 0) is 0 Å². The van der Waals surface area contributed by atoms with E-state index in [2.05, 4.69) is 41.7 Å². The summed E-state index contributed by atoms with van der Waals surface area (Å²) < 4.78 is 0. The van der Waals surface area contributed by atoms with Crippen LogP contribution in [0.25, 0.3) is 6.08 Å². The van der Waals surface area contributed by atoms with E-state index in [9.17, 15) is 4.79 Å². The highest BCUT2D eigenvalue weighted by molar-refractivity contribution is 7.99. The molecule has 0 spiro atoms. The zero-order chi connectivity index (χ0) is 21.5. The lowest BCUT2D eigenvalue weighted by Gasteiger charge is -2.29. The molecule has 0 unspecified atom stereocenters. The van der Waals surface area contributed by atoms with Gasteiger partial charge in [0, 0.05) is 6.08 Å². The van der Waals surface area contributed by atoms with Gasteiger partial charge in [0.2, 0.25) is 0 Å². The Kier molecular flexibility index (Phi) is 6.26. The maximum absolute atomic E-state index is 12.2. The Balaban J connectivity index is 2.12. The summed E-state index contributed by atoms with van der Waals surface area (Å²) in [5.41, 5.74) is 7.50. The molecule has 0 saturated heterocycles. The van der Waals surface area contributed by atoms with E-state index in [1.807, 2.05) is 91.0 Å². The monoisotopic (exact) mass is 423 g/mol. The van der Waals surface area contributed by atoms with Crippen molar-refractivity contribution in [3.63, 3.8) is 0 Å². The van der Waals surface area contributed by atoms with Crippen LogP contribution in [0, 0.1) is 0 Å². The van der Waals surface area contributed by atoms with E-state index in [0.717, 1.165) is 26.9 Å². The lowest BCUT2D eigenvalue weighted by atomic mass is 10.2. The number of hydrogen-bond acceptors (Lipinski definition) is 1. The molecule has 0 aliphatic heterocycles. The highest BCUT2D eigenvalue weighted by Gasteiger charge is 2.50. The molecule has 4 heteroatoms. The number of nitrogens with two attached hydrogens (primary N) is 1. The highest BCUT2D eigenvalue weighted by atomic mass is 31.2. The first-order valence-electron chi connectivity index (χ1n) is 10.1. The van der Waals surface area contributed by atoms with Crippen LogP contribution in [-0.4, -0.2) is 6.03 Å². The number of carbonyl (C=O) groups is 1. The summed E-state index contributed by atoms with van der Waals surface area (Å²) in [6.45, 7) is 0. The molecule has 0 bridgehead atoms. The van der Waals surface area contributed by atoms with Crippen LogP contribution in [0.4, 0.5) is 4.79 Å². The van der Waals surface area contributed by atoms with E-state index in [0.29, 0.717) is 0 Å². The van der Waals surface area contributed by atoms with Gasteiger partial charge in [-0.2, -0.15) is 0 Å². The maximum Gasteiger partial charge on any atom is 0.319 e. The van der Waals surface area contributed by atoms with Gasteiger partial charge in [-0.1, -0.05) is 84.9 Å². The fraction of sp³-hybridized carbons (Fsp3) is 0. The average Bonchev–Trinajstić information content (AvgIpc) is 2.82. The quantitative estimate of drug-likeness (QED) is 0.436. The van der Waals surface area contributed by atoms with Crippen molar-refractivity contribution in [3.8, 4) is 0 Å². The molecule has 152 valence electrons. The predicted molar refractivity (Wildman–Crippen MR) is 132 cm³/mol. The predicted octanol–water partition coefficient (Wildman–Crippen LogP) is 4.65. The molecule has 0 radical (unpaired) electrons. The molecule has 4 rings (SSSR count). The van der Waals surface area contributed by atoms with E-state index in [4.69, 9.17) is 5.73 Å². The summed E-state index contributed by atoms with van der Waals surface area (Å²) >= 11 is 0. The number of hydrogen-bond donors (Lipinski definition) is 2. The summed E-state index contributed by atoms with van der Waals surface area (Å²) in [6.07, 6.45) is 2.05. The molecule has 4 aromatic rings. The Bertz CT molecular complexity index is 1060. The fourth-order valence-electron chi connectivity index (χ4n) is 3.87. The summed E-state index contributed by atoms with van der Waals surface area (Å²) in [5, 5.41) is 6.44. The molecule has 3 N–H and O–H groups in total. The van der Waals surface area contributed by atoms with Crippen molar-refractivity contribution in [2.75, 3.05) is 0 Å². The van der Waals surface area contributed by atoms with Gasteiger partial charge < -0.3 is 5.73 Å². The molecule has 0 aromatic heterocycles. The largest absolute Gasteiger partial charge is 0.351 e. The molecule has 0 atom stereocenters. The van der Waals surface area contributed by atoms with Gasteiger partial charge in [0.1, 0.15) is 15.9 Å². The average molecular weight is 423 g/mol. The summed E-state index contributed by atoms with van der Waals surface area (Å²) in [4.78, 5) is 12.2. The summed E-state index contributed by atoms with van der Waals surface area (Å²) in [6, 6.07) is 40.5. The Morgan fingerprint density at radius 2 is 0.968 bits per heavy atom. The van der Waals surface area contributed by atoms with Crippen LogP contribution in [0.1, 0.15) is 5.56 Å². The fourth-order valence-corrected chi connectivity index (χ4v) is 8.08. The van der Waals surface area contributed by atoms with Gasteiger partial charge in [-0.25, -0.2) is 4.79 Å². The second-order valence-electron chi connectivity index (χ2n) is 7.11. The number of amides is 2. The number of rotatable bonds is 6. The van der Waals surface area contributed by atoms with Crippen LogP contribution in [0.3, 0.4) is 0 Å². The van der Waals surface area contributed by atoms with Crippen molar-refractivity contribution in [2.24, 2.45) is 5.73 Å². The number of urea groups is 1. The van der Waals surface area contributed by atoms with Gasteiger partial charge in [-0.05, 0) is 42.0 Å². The topological polar surface area (TPSA) is 55.1 Å². The SMILES string of the molecule is NC(=O)N/C(=C\c1ccccc1)[P+](c1ccccc1)(c1ccccc1)c1ccccc1. The molecule has 4 aromatic carbocycles. The Morgan fingerprint density at radius 1 is 0.613 bits per heavy atom. The molecule has 2 amide bonds. The maximum atomic E-state index is 12.2. The molecule has 0 aliphatic carbocycles. The highest BCUT2D eigenvalue weighted by Crippen LogP contribution is 2.61. The van der Waals surface area contributed by atoms with E-state index in [1.54, 1.807) is 0 Å². The first-order chi connectivity index (χ1) is 15.2. The normalized spacial score (nSPS) is 11.7. The lowest BCUT2D eigenvalue weighted by Crippen LogP contribution is -2.39. The number of nitrogens with one attached hydrogen (secondary N) is 1. The van der Waals surface area contributed by atoms with Gasteiger partial charge in [0.05, 0.1) is 0 Å². The number of benzene rings is 4. The smallest absolute Gasteiger partial charge is 0.319 e. The van der Waals surface area contributed by atoms with Crippen LogP contribution in [0.2, 0.25) is 0 Å². The Labute approximate surface area is 183 Å². The summed E-state index contributed by atoms with van der Waals surface area (Å²) in [5.74, 6) is 0. The van der Waals surface area contributed by atoms with Crippen molar-refractivity contribution >= 4 is 35.3 Å². The van der Waals surface area contributed by atoms with Crippen LogP contribution < -0.4 is 27.0 Å². The minimum Gasteiger partial charge on any atom is -0.351 e. The van der Waals surface area contributed by atoms with Crippen LogP contribution >= 0.6 is 7.26 Å². The third-order valence-corrected chi connectivity index (χ3v) is 9.33. The zero-order valence-electron chi connectivity index (χ0n) is 17.1. The minimum atomic E-state index is -2.43. The summed E-state index contributed by atoms with van der Waals surface area (Å²) in [7, 11) is -2.43. The Hall–Kier alpha value is -3.68. The first kappa shape index (κ1) is 20.6. The Morgan fingerprint density at radius 3 is 1.32 bits per heavy atom. The molecule has 0 aliphatic rings. The van der Waals surface area contributed by atoms with Gasteiger partial charge in [-0.15, -0.1) is 0 Å². The van der Waals surface area contributed by atoms with Gasteiger partial charge in [0.25, 0.3) is 0 Å². The second-order valence-corrected chi connectivity index (χ2v) is 10.5. The van der Waals surface area contributed by atoms with E-state index in [1.165, 1.54) is 0 Å². The van der Waals surface area contributed by atoms with Crippen molar-refractivity contribution in [2.45, 2.75) is 0 Å².